The van der Waals surface area contributed by atoms with Crippen molar-refractivity contribution in [2.75, 3.05) is 19.9 Å². The van der Waals surface area contributed by atoms with Gasteiger partial charge < -0.3 is 9.84 Å². The number of fused-ring (bicyclic) bond motifs is 1. The Kier molecular flexibility index (Phi) is 3.08. The quantitative estimate of drug-likeness (QED) is 0.696. The van der Waals surface area contributed by atoms with Gasteiger partial charge in [0, 0.05) is 0 Å². The molecule has 16 heavy (non-hydrogen) atoms. The number of nitrogens with zero attached hydrogens (tertiary/aromatic N) is 1. The molecule has 4 heteroatoms. The first-order chi connectivity index (χ1) is 7.83. The lowest BCUT2D eigenvalue weighted by Crippen LogP contribution is -2.38. The van der Waals surface area contributed by atoms with Crippen molar-refractivity contribution in [1.29, 1.82) is 0 Å². The highest BCUT2D eigenvalue weighted by molar-refractivity contribution is 5.97. The molecule has 1 aliphatic heterocycles. The van der Waals surface area contributed by atoms with E-state index in [1.165, 1.54) is 4.90 Å². The standard InChI is InChI=1S/C12H11NO3/c14-8-4-3-7-13-9-16-11-6-2-1-5-10(11)12(13)15/h1-2,5-6,14H,7-9H2. The van der Waals surface area contributed by atoms with Crippen LogP contribution in [-0.2, 0) is 0 Å². The average molecular weight is 217 g/mol. The number of carbonyl (C=O) groups excluding carboxylic acids is 1. The summed E-state index contributed by atoms with van der Waals surface area (Å²) in [5.41, 5.74) is 0.555. The van der Waals surface area contributed by atoms with Gasteiger partial charge in [-0.15, -0.1) is 0 Å². The van der Waals surface area contributed by atoms with Crippen LogP contribution in [0.2, 0.25) is 0 Å². The molecule has 0 unspecified atom stereocenters. The topological polar surface area (TPSA) is 49.8 Å². The van der Waals surface area contributed by atoms with Crippen molar-refractivity contribution >= 4 is 5.91 Å². The van der Waals surface area contributed by atoms with E-state index in [0.717, 1.165) is 0 Å². The maximum Gasteiger partial charge on any atom is 0.261 e. The zero-order valence-electron chi connectivity index (χ0n) is 8.64. The molecule has 0 aliphatic carbocycles. The van der Waals surface area contributed by atoms with E-state index in [9.17, 15) is 4.79 Å². The maximum atomic E-state index is 11.9. The van der Waals surface area contributed by atoms with Crippen LogP contribution in [0.5, 0.6) is 5.75 Å². The number of para-hydroxylation sites is 1. The molecule has 0 spiro atoms. The van der Waals surface area contributed by atoms with E-state index in [2.05, 4.69) is 11.8 Å². The van der Waals surface area contributed by atoms with Crippen molar-refractivity contribution < 1.29 is 14.6 Å². The van der Waals surface area contributed by atoms with Crippen molar-refractivity contribution in [3.63, 3.8) is 0 Å². The van der Waals surface area contributed by atoms with E-state index in [0.29, 0.717) is 11.3 Å². The number of amides is 1. The van der Waals surface area contributed by atoms with E-state index in [4.69, 9.17) is 9.84 Å². The molecule has 1 amide bonds. The fraction of sp³-hybridized carbons (Fsp3) is 0.250. The molecule has 0 fully saturated rings. The molecule has 0 radical (unpaired) electrons. The van der Waals surface area contributed by atoms with Crippen LogP contribution in [0.3, 0.4) is 0 Å². The highest BCUT2D eigenvalue weighted by atomic mass is 16.5. The van der Waals surface area contributed by atoms with Crippen LogP contribution in [0.15, 0.2) is 24.3 Å². The van der Waals surface area contributed by atoms with Gasteiger partial charge in [-0.3, -0.25) is 9.69 Å². The summed E-state index contributed by atoms with van der Waals surface area (Å²) in [6.45, 7) is 0.281. The molecule has 0 saturated heterocycles. The van der Waals surface area contributed by atoms with E-state index in [1.807, 2.05) is 6.07 Å². The first-order valence-corrected chi connectivity index (χ1v) is 4.90. The SMILES string of the molecule is O=C1c2ccccc2OCN1CC#CCO. The average Bonchev–Trinajstić information content (AvgIpc) is 2.33. The summed E-state index contributed by atoms with van der Waals surface area (Å²) in [6, 6.07) is 7.11. The second kappa shape index (κ2) is 4.69. The molecule has 4 nitrogen and oxygen atoms in total. The van der Waals surface area contributed by atoms with Gasteiger partial charge in [0.05, 0.1) is 12.1 Å². The normalized spacial score (nSPS) is 13.6. The Morgan fingerprint density at radius 2 is 2.19 bits per heavy atom. The van der Waals surface area contributed by atoms with Crippen LogP contribution < -0.4 is 4.74 Å². The number of aliphatic hydroxyl groups is 1. The molecule has 0 aromatic heterocycles. The van der Waals surface area contributed by atoms with Crippen LogP contribution in [0.4, 0.5) is 0 Å². The van der Waals surface area contributed by atoms with E-state index in [1.54, 1.807) is 18.2 Å². The number of carbonyl (C=O) groups is 1. The summed E-state index contributed by atoms with van der Waals surface area (Å²) in [7, 11) is 0. The Bertz CT molecular complexity index is 459. The summed E-state index contributed by atoms with van der Waals surface area (Å²) in [6.07, 6.45) is 0. The van der Waals surface area contributed by atoms with Crippen LogP contribution in [0.25, 0.3) is 0 Å². The van der Waals surface area contributed by atoms with Gasteiger partial charge in [-0.05, 0) is 12.1 Å². The molecule has 1 N–H and O–H groups in total. The lowest BCUT2D eigenvalue weighted by molar-refractivity contribution is 0.0561. The summed E-state index contributed by atoms with van der Waals surface area (Å²) >= 11 is 0. The zero-order chi connectivity index (χ0) is 11.4. The first-order valence-electron chi connectivity index (χ1n) is 4.90. The van der Waals surface area contributed by atoms with Crippen molar-refractivity contribution in [3.8, 4) is 17.6 Å². The Hall–Kier alpha value is -1.99. The zero-order valence-corrected chi connectivity index (χ0v) is 8.64. The van der Waals surface area contributed by atoms with Gasteiger partial charge in [-0.2, -0.15) is 0 Å². The molecule has 0 bridgehead atoms. The third-order valence-electron chi connectivity index (χ3n) is 2.25. The van der Waals surface area contributed by atoms with Gasteiger partial charge in [0.1, 0.15) is 12.4 Å². The molecule has 1 aliphatic rings. The highest BCUT2D eigenvalue weighted by Gasteiger charge is 2.23. The number of rotatable bonds is 1. The molecular weight excluding hydrogens is 206 g/mol. The molecule has 1 aromatic carbocycles. The molecule has 0 atom stereocenters. The number of ether oxygens (including phenoxy) is 1. The smallest absolute Gasteiger partial charge is 0.261 e. The number of hydrogen-bond acceptors (Lipinski definition) is 3. The van der Waals surface area contributed by atoms with Crippen molar-refractivity contribution in [2.45, 2.75) is 0 Å². The van der Waals surface area contributed by atoms with Gasteiger partial charge in [0.25, 0.3) is 5.91 Å². The Labute approximate surface area is 93.4 Å². The van der Waals surface area contributed by atoms with Crippen LogP contribution in [-0.4, -0.2) is 35.8 Å². The van der Waals surface area contributed by atoms with Crippen molar-refractivity contribution in [2.24, 2.45) is 0 Å². The third-order valence-corrected chi connectivity index (χ3v) is 2.25. The molecule has 1 heterocycles. The summed E-state index contributed by atoms with van der Waals surface area (Å²) in [5, 5.41) is 8.51. The fourth-order valence-corrected chi connectivity index (χ4v) is 1.47. The van der Waals surface area contributed by atoms with Gasteiger partial charge in [0.2, 0.25) is 0 Å². The predicted octanol–water partition coefficient (Wildman–Crippen LogP) is 0.474. The highest BCUT2D eigenvalue weighted by Crippen LogP contribution is 2.23. The molecule has 1 aromatic rings. The Morgan fingerprint density at radius 1 is 1.38 bits per heavy atom. The minimum absolute atomic E-state index is 0.0888. The monoisotopic (exact) mass is 217 g/mol. The fourth-order valence-electron chi connectivity index (χ4n) is 1.47. The van der Waals surface area contributed by atoms with E-state index in [-0.39, 0.29) is 25.8 Å². The third kappa shape index (κ3) is 2.00. The minimum Gasteiger partial charge on any atom is -0.472 e. The van der Waals surface area contributed by atoms with Crippen molar-refractivity contribution in [1.82, 2.24) is 4.90 Å². The number of benzene rings is 1. The molecule has 82 valence electrons. The van der Waals surface area contributed by atoms with Crippen LogP contribution >= 0.6 is 0 Å². The largest absolute Gasteiger partial charge is 0.472 e. The second-order valence-corrected chi connectivity index (χ2v) is 3.28. The minimum atomic E-state index is -0.195. The molecular formula is C12H11NO3. The van der Waals surface area contributed by atoms with Crippen molar-refractivity contribution in [3.05, 3.63) is 29.8 Å². The number of aliphatic hydroxyl groups excluding tert-OH is 1. The van der Waals surface area contributed by atoms with Gasteiger partial charge in [-0.25, -0.2) is 0 Å². The summed E-state index contributed by atoms with van der Waals surface area (Å²) in [4.78, 5) is 13.4. The van der Waals surface area contributed by atoms with Gasteiger partial charge >= 0.3 is 0 Å². The Balaban J connectivity index is 2.15. The summed E-state index contributed by atoms with van der Waals surface area (Å²) < 4.78 is 5.41. The van der Waals surface area contributed by atoms with Gasteiger partial charge in [0.15, 0.2) is 6.73 Å². The lowest BCUT2D eigenvalue weighted by Gasteiger charge is -2.26. The molecule has 0 saturated carbocycles. The predicted molar refractivity (Wildman–Crippen MR) is 57.8 cm³/mol. The lowest BCUT2D eigenvalue weighted by atomic mass is 10.1. The van der Waals surface area contributed by atoms with Gasteiger partial charge in [-0.1, -0.05) is 24.0 Å². The van der Waals surface area contributed by atoms with Crippen LogP contribution in [0.1, 0.15) is 10.4 Å². The summed E-state index contributed by atoms with van der Waals surface area (Å²) in [5.74, 6) is 5.71. The Morgan fingerprint density at radius 3 is 3.00 bits per heavy atom. The van der Waals surface area contributed by atoms with Crippen LogP contribution in [0, 0.1) is 11.8 Å². The first kappa shape index (κ1) is 10.5. The second-order valence-electron chi connectivity index (χ2n) is 3.28. The van der Waals surface area contributed by atoms with E-state index >= 15 is 0 Å². The van der Waals surface area contributed by atoms with E-state index < -0.39 is 0 Å². The maximum absolute atomic E-state index is 11.9. The molecule has 2 rings (SSSR count). The number of hydrogen-bond donors (Lipinski definition) is 1.